The van der Waals surface area contributed by atoms with E-state index in [-0.39, 0.29) is 0 Å². The molecule has 2 heterocycles. The maximum Gasteiger partial charge on any atom is 0.0798 e. The molecule has 0 saturated carbocycles. The number of anilines is 2. The average Bonchev–Trinajstić information content (AvgIpc) is 2.84. The van der Waals surface area contributed by atoms with Crippen molar-refractivity contribution in [1.29, 1.82) is 0 Å². The quantitative estimate of drug-likeness (QED) is 0.802. The monoisotopic (exact) mass is 284 g/mol. The average molecular weight is 284 g/mol. The number of thiazole rings is 1. The molecule has 0 amide bonds. The number of benzene rings is 1. The van der Waals surface area contributed by atoms with Gasteiger partial charge in [0.15, 0.2) is 0 Å². The Morgan fingerprint density at radius 2 is 2.05 bits per heavy atom. The van der Waals surface area contributed by atoms with Gasteiger partial charge < -0.3 is 10.6 Å². The first-order valence-corrected chi connectivity index (χ1v) is 7.28. The van der Waals surface area contributed by atoms with Gasteiger partial charge in [0, 0.05) is 17.3 Å². The molecule has 0 aliphatic heterocycles. The van der Waals surface area contributed by atoms with Crippen molar-refractivity contribution in [3.05, 3.63) is 46.5 Å². The fourth-order valence-corrected chi connectivity index (χ4v) is 3.17. The molecule has 5 heteroatoms. The van der Waals surface area contributed by atoms with Crippen molar-refractivity contribution >= 4 is 33.6 Å². The zero-order valence-corrected chi connectivity index (χ0v) is 12.3. The van der Waals surface area contributed by atoms with E-state index in [9.17, 15) is 0 Å². The molecule has 0 unspecified atom stereocenters. The van der Waals surface area contributed by atoms with Gasteiger partial charge in [-0.1, -0.05) is 18.2 Å². The zero-order chi connectivity index (χ0) is 14.1. The fourth-order valence-electron chi connectivity index (χ4n) is 2.34. The lowest BCUT2D eigenvalue weighted by Gasteiger charge is -2.22. The number of rotatable bonds is 3. The molecule has 0 radical (unpaired) electrons. The lowest BCUT2D eigenvalue weighted by atomic mass is 10.1. The minimum absolute atomic E-state index is 0.702. The molecule has 0 saturated heterocycles. The highest BCUT2D eigenvalue weighted by molar-refractivity contribution is 7.09. The second-order valence-corrected chi connectivity index (χ2v) is 5.74. The Labute approximate surface area is 121 Å². The van der Waals surface area contributed by atoms with Crippen LogP contribution >= 0.6 is 11.3 Å². The van der Waals surface area contributed by atoms with Crippen LogP contribution in [0.4, 0.5) is 11.4 Å². The summed E-state index contributed by atoms with van der Waals surface area (Å²) >= 11 is 1.67. The van der Waals surface area contributed by atoms with E-state index in [0.717, 1.165) is 28.8 Å². The van der Waals surface area contributed by atoms with E-state index in [0.29, 0.717) is 5.69 Å². The van der Waals surface area contributed by atoms with Gasteiger partial charge in [-0.05, 0) is 13.0 Å². The van der Waals surface area contributed by atoms with Gasteiger partial charge >= 0.3 is 0 Å². The summed E-state index contributed by atoms with van der Waals surface area (Å²) in [7, 11) is 2.05. The molecule has 2 aromatic heterocycles. The number of pyridine rings is 1. The largest absolute Gasteiger partial charge is 0.396 e. The normalized spacial score (nSPS) is 10.9. The summed E-state index contributed by atoms with van der Waals surface area (Å²) in [5, 5.41) is 1.08. The summed E-state index contributed by atoms with van der Waals surface area (Å²) in [4.78, 5) is 12.1. The standard InChI is InChI=1S/C15H16N4S/c1-10-14(20-9-18-10)8-19(2)15-11-5-3-4-6-13(11)17-7-12(15)16/h3-7,9H,8,16H2,1-2H3. The second-order valence-electron chi connectivity index (χ2n) is 4.80. The zero-order valence-electron chi connectivity index (χ0n) is 11.5. The molecule has 0 bridgehead atoms. The molecular weight excluding hydrogens is 268 g/mol. The van der Waals surface area contributed by atoms with Gasteiger partial charge in [-0.25, -0.2) is 4.98 Å². The minimum atomic E-state index is 0.702. The summed E-state index contributed by atoms with van der Waals surface area (Å²) in [6.45, 7) is 2.84. The van der Waals surface area contributed by atoms with E-state index in [1.54, 1.807) is 17.5 Å². The number of fused-ring (bicyclic) bond motifs is 1. The third-order valence-electron chi connectivity index (χ3n) is 3.38. The first kappa shape index (κ1) is 12.9. The molecule has 1 aromatic carbocycles. The molecule has 0 aliphatic carbocycles. The fraction of sp³-hybridized carbons (Fsp3) is 0.200. The Morgan fingerprint density at radius 1 is 1.25 bits per heavy atom. The van der Waals surface area contributed by atoms with Crippen LogP contribution in [-0.4, -0.2) is 17.0 Å². The lowest BCUT2D eigenvalue weighted by molar-refractivity contribution is 0.931. The summed E-state index contributed by atoms with van der Waals surface area (Å²) in [6, 6.07) is 8.06. The number of hydrogen-bond donors (Lipinski definition) is 1. The van der Waals surface area contributed by atoms with E-state index in [4.69, 9.17) is 5.73 Å². The third kappa shape index (κ3) is 2.20. The van der Waals surface area contributed by atoms with Crippen LogP contribution in [-0.2, 0) is 6.54 Å². The van der Waals surface area contributed by atoms with Gasteiger partial charge in [-0.15, -0.1) is 11.3 Å². The smallest absolute Gasteiger partial charge is 0.0798 e. The Bertz CT molecular complexity index is 750. The first-order valence-electron chi connectivity index (χ1n) is 6.40. The molecule has 20 heavy (non-hydrogen) atoms. The highest BCUT2D eigenvalue weighted by atomic mass is 32.1. The summed E-state index contributed by atoms with van der Waals surface area (Å²) < 4.78 is 0. The Hall–Kier alpha value is -2.14. The summed E-state index contributed by atoms with van der Waals surface area (Å²) in [6.07, 6.45) is 1.73. The van der Waals surface area contributed by atoms with Crippen molar-refractivity contribution in [1.82, 2.24) is 9.97 Å². The molecule has 0 spiro atoms. The number of hydrogen-bond acceptors (Lipinski definition) is 5. The van der Waals surface area contributed by atoms with Crippen LogP contribution in [0.1, 0.15) is 10.6 Å². The Morgan fingerprint density at radius 3 is 2.80 bits per heavy atom. The van der Waals surface area contributed by atoms with Crippen LogP contribution in [0, 0.1) is 6.92 Å². The van der Waals surface area contributed by atoms with E-state index in [1.165, 1.54) is 4.88 Å². The topological polar surface area (TPSA) is 55.0 Å². The van der Waals surface area contributed by atoms with E-state index in [2.05, 4.69) is 28.0 Å². The second kappa shape index (κ2) is 5.09. The van der Waals surface area contributed by atoms with Crippen molar-refractivity contribution in [3.63, 3.8) is 0 Å². The van der Waals surface area contributed by atoms with Crippen molar-refractivity contribution in [3.8, 4) is 0 Å². The number of nitrogens with zero attached hydrogens (tertiary/aromatic N) is 3. The summed E-state index contributed by atoms with van der Waals surface area (Å²) in [5.41, 5.74) is 11.8. The van der Waals surface area contributed by atoms with Gasteiger partial charge in [0.1, 0.15) is 0 Å². The Balaban J connectivity index is 2.05. The van der Waals surface area contributed by atoms with Gasteiger partial charge in [-0.3, -0.25) is 4.98 Å². The molecule has 0 aliphatic rings. The highest BCUT2D eigenvalue weighted by Crippen LogP contribution is 2.32. The van der Waals surface area contributed by atoms with Crippen LogP contribution in [0.3, 0.4) is 0 Å². The minimum Gasteiger partial charge on any atom is -0.396 e. The maximum atomic E-state index is 6.14. The van der Waals surface area contributed by atoms with Gasteiger partial charge in [-0.2, -0.15) is 0 Å². The number of nitrogen functional groups attached to an aromatic ring is 1. The number of nitrogens with two attached hydrogens (primary N) is 1. The van der Waals surface area contributed by atoms with Crippen LogP contribution in [0.25, 0.3) is 10.9 Å². The molecule has 102 valence electrons. The number of para-hydroxylation sites is 1. The number of aromatic nitrogens is 2. The molecular formula is C15H16N4S. The maximum absolute atomic E-state index is 6.14. The van der Waals surface area contributed by atoms with Crippen molar-refractivity contribution in [2.24, 2.45) is 0 Å². The van der Waals surface area contributed by atoms with E-state index >= 15 is 0 Å². The molecule has 0 atom stereocenters. The molecule has 2 N–H and O–H groups in total. The van der Waals surface area contributed by atoms with Crippen molar-refractivity contribution < 1.29 is 0 Å². The predicted octanol–water partition coefficient (Wildman–Crippen LogP) is 3.22. The first-order chi connectivity index (χ1) is 9.66. The Kier molecular flexibility index (Phi) is 3.28. The van der Waals surface area contributed by atoms with Crippen LogP contribution in [0.2, 0.25) is 0 Å². The molecule has 4 nitrogen and oxygen atoms in total. The predicted molar refractivity (Wildman–Crippen MR) is 85.1 cm³/mol. The molecule has 0 fully saturated rings. The van der Waals surface area contributed by atoms with Crippen molar-refractivity contribution in [2.45, 2.75) is 13.5 Å². The van der Waals surface area contributed by atoms with Crippen LogP contribution in [0.5, 0.6) is 0 Å². The van der Waals surface area contributed by atoms with Crippen LogP contribution in [0.15, 0.2) is 36.0 Å². The molecule has 3 aromatic rings. The van der Waals surface area contributed by atoms with Crippen molar-refractivity contribution in [2.75, 3.05) is 17.7 Å². The van der Waals surface area contributed by atoms with E-state index in [1.807, 2.05) is 30.6 Å². The highest BCUT2D eigenvalue weighted by Gasteiger charge is 2.13. The van der Waals surface area contributed by atoms with Gasteiger partial charge in [0.25, 0.3) is 0 Å². The lowest BCUT2D eigenvalue weighted by Crippen LogP contribution is -2.18. The third-order valence-corrected chi connectivity index (χ3v) is 4.30. The SMILES string of the molecule is Cc1ncsc1CN(C)c1c(N)cnc2ccccc12. The van der Waals surface area contributed by atoms with Crippen LogP contribution < -0.4 is 10.6 Å². The van der Waals surface area contributed by atoms with Gasteiger partial charge in [0.2, 0.25) is 0 Å². The summed E-state index contributed by atoms with van der Waals surface area (Å²) in [5.74, 6) is 0. The molecule has 3 rings (SSSR count). The van der Waals surface area contributed by atoms with E-state index < -0.39 is 0 Å². The number of aryl methyl sites for hydroxylation is 1. The van der Waals surface area contributed by atoms with Gasteiger partial charge in [0.05, 0.1) is 40.8 Å².